The third kappa shape index (κ3) is 2.70. The summed E-state index contributed by atoms with van der Waals surface area (Å²) in [5, 5.41) is 22.0. The second-order valence-corrected chi connectivity index (χ2v) is 7.66. The molecule has 0 bridgehead atoms. The predicted octanol–water partition coefficient (Wildman–Crippen LogP) is 3.97. The zero-order valence-electron chi connectivity index (χ0n) is 14.1. The Balaban J connectivity index is 1.82. The molecule has 1 aliphatic heterocycles. The third-order valence-electron chi connectivity index (χ3n) is 5.16. The van der Waals surface area contributed by atoms with E-state index in [2.05, 4.69) is 0 Å². The number of carbonyl (C=O) groups excluding carboxylic acids is 2. The molecule has 1 unspecified atom stereocenters. The summed E-state index contributed by atoms with van der Waals surface area (Å²) in [5.74, 6) is -1.13. The van der Waals surface area contributed by atoms with E-state index in [-0.39, 0.29) is 23.1 Å². The summed E-state index contributed by atoms with van der Waals surface area (Å²) in [5.41, 5.74) is 0.849. The summed E-state index contributed by atoms with van der Waals surface area (Å²) in [4.78, 5) is 28.0. The molecule has 1 fully saturated rings. The van der Waals surface area contributed by atoms with Crippen molar-refractivity contribution in [1.29, 1.82) is 0 Å². The molecule has 5 nitrogen and oxygen atoms in total. The van der Waals surface area contributed by atoms with Gasteiger partial charge in [-0.15, -0.1) is 11.3 Å². The molecule has 1 aromatic heterocycles. The number of ketones is 1. The highest BCUT2D eigenvalue weighted by atomic mass is 32.1. The molecule has 26 heavy (non-hydrogen) atoms. The molecule has 4 rings (SSSR count). The minimum atomic E-state index is -0.624. The van der Waals surface area contributed by atoms with Gasteiger partial charge in [0.15, 0.2) is 5.76 Å². The minimum absolute atomic E-state index is 0.0112. The highest BCUT2D eigenvalue weighted by Crippen LogP contribution is 2.43. The number of phenols is 1. The van der Waals surface area contributed by atoms with Crippen molar-refractivity contribution in [2.75, 3.05) is 0 Å². The Labute approximate surface area is 155 Å². The maximum Gasteiger partial charge on any atom is 0.290 e. The van der Waals surface area contributed by atoms with E-state index >= 15 is 0 Å². The van der Waals surface area contributed by atoms with Gasteiger partial charge in [-0.1, -0.05) is 31.0 Å². The highest BCUT2D eigenvalue weighted by molar-refractivity contribution is 7.12. The van der Waals surface area contributed by atoms with E-state index < -0.39 is 17.7 Å². The van der Waals surface area contributed by atoms with E-state index in [1.807, 2.05) is 0 Å². The first-order chi connectivity index (χ1) is 12.6. The van der Waals surface area contributed by atoms with E-state index in [9.17, 15) is 19.8 Å². The Morgan fingerprint density at radius 3 is 2.38 bits per heavy atom. The Morgan fingerprint density at radius 1 is 1.08 bits per heavy atom. The Kier molecular flexibility index (Phi) is 4.28. The van der Waals surface area contributed by atoms with Crippen molar-refractivity contribution >= 4 is 23.0 Å². The summed E-state index contributed by atoms with van der Waals surface area (Å²) in [7, 11) is 0. The smallest absolute Gasteiger partial charge is 0.290 e. The Morgan fingerprint density at radius 2 is 1.77 bits per heavy atom. The van der Waals surface area contributed by atoms with Gasteiger partial charge in [-0.25, -0.2) is 0 Å². The molecule has 1 amide bonds. The van der Waals surface area contributed by atoms with Crippen LogP contribution in [0.4, 0.5) is 0 Å². The maximum absolute atomic E-state index is 13.0. The summed E-state index contributed by atoms with van der Waals surface area (Å²) in [6, 6.07) is 9.34. The second-order valence-electron chi connectivity index (χ2n) is 6.71. The quantitative estimate of drug-likeness (QED) is 0.799. The first kappa shape index (κ1) is 16.8. The molecule has 134 valence electrons. The monoisotopic (exact) mass is 369 g/mol. The van der Waals surface area contributed by atoms with Gasteiger partial charge in [0.1, 0.15) is 5.75 Å². The minimum Gasteiger partial charge on any atom is -0.508 e. The zero-order valence-corrected chi connectivity index (χ0v) is 14.9. The SMILES string of the molecule is O=C(C1=C(O)C(=O)N(C2CCCC2)C1c1ccc(O)cc1)c1cccs1. The van der Waals surface area contributed by atoms with E-state index in [1.54, 1.807) is 34.5 Å². The Bertz CT molecular complexity index is 864. The van der Waals surface area contributed by atoms with Gasteiger partial charge in [0.2, 0.25) is 5.78 Å². The molecule has 0 spiro atoms. The maximum atomic E-state index is 13.0. The van der Waals surface area contributed by atoms with E-state index in [0.717, 1.165) is 25.7 Å². The van der Waals surface area contributed by atoms with Gasteiger partial charge >= 0.3 is 0 Å². The average Bonchev–Trinajstić information content (AvgIpc) is 3.38. The topological polar surface area (TPSA) is 77.8 Å². The van der Waals surface area contributed by atoms with E-state index in [0.29, 0.717) is 10.4 Å². The largest absolute Gasteiger partial charge is 0.508 e. The number of benzene rings is 1. The van der Waals surface area contributed by atoms with Gasteiger partial charge in [0.05, 0.1) is 16.5 Å². The van der Waals surface area contributed by atoms with Crippen molar-refractivity contribution in [2.45, 2.75) is 37.8 Å². The number of hydrogen-bond acceptors (Lipinski definition) is 5. The molecule has 2 aromatic rings. The van der Waals surface area contributed by atoms with Gasteiger partial charge in [-0.2, -0.15) is 0 Å². The molecular formula is C20H19NO4S. The normalized spacial score (nSPS) is 21.0. The molecule has 0 saturated heterocycles. The number of thiophene rings is 1. The van der Waals surface area contributed by atoms with Crippen molar-refractivity contribution in [3.8, 4) is 5.75 Å². The zero-order chi connectivity index (χ0) is 18.3. The lowest BCUT2D eigenvalue weighted by Gasteiger charge is -2.32. The summed E-state index contributed by atoms with van der Waals surface area (Å²) >= 11 is 1.29. The van der Waals surface area contributed by atoms with Crippen molar-refractivity contribution in [2.24, 2.45) is 0 Å². The average molecular weight is 369 g/mol. The number of nitrogens with zero attached hydrogens (tertiary/aromatic N) is 1. The lowest BCUT2D eigenvalue weighted by atomic mass is 9.94. The second kappa shape index (κ2) is 6.61. The van der Waals surface area contributed by atoms with Crippen LogP contribution in [0.1, 0.15) is 47.0 Å². The Hall–Kier alpha value is -2.60. The summed E-state index contributed by atoms with van der Waals surface area (Å²) in [6.45, 7) is 0. The number of rotatable bonds is 4. The molecular weight excluding hydrogens is 350 g/mol. The molecule has 1 aromatic carbocycles. The van der Waals surface area contributed by atoms with Crippen molar-refractivity contribution in [3.63, 3.8) is 0 Å². The molecule has 2 aliphatic rings. The fraction of sp³-hybridized carbons (Fsp3) is 0.300. The van der Waals surface area contributed by atoms with Gasteiger partial charge in [0.25, 0.3) is 5.91 Å². The molecule has 0 radical (unpaired) electrons. The van der Waals surface area contributed by atoms with Crippen LogP contribution in [0.5, 0.6) is 5.75 Å². The molecule has 2 heterocycles. The molecule has 1 atom stereocenters. The van der Waals surface area contributed by atoms with Crippen LogP contribution in [-0.2, 0) is 4.79 Å². The first-order valence-electron chi connectivity index (χ1n) is 8.71. The summed E-state index contributed by atoms with van der Waals surface area (Å²) in [6.07, 6.45) is 3.81. The van der Waals surface area contributed by atoms with Crippen LogP contribution >= 0.6 is 11.3 Å². The molecule has 6 heteroatoms. The van der Waals surface area contributed by atoms with Crippen LogP contribution in [0, 0.1) is 0 Å². The fourth-order valence-corrected chi connectivity index (χ4v) is 4.62. The lowest BCUT2D eigenvalue weighted by molar-refractivity contribution is -0.131. The lowest BCUT2D eigenvalue weighted by Crippen LogP contribution is -2.38. The molecule has 1 saturated carbocycles. The van der Waals surface area contributed by atoms with Crippen LogP contribution in [0.15, 0.2) is 53.1 Å². The number of hydrogen-bond donors (Lipinski definition) is 2. The number of amides is 1. The number of carbonyl (C=O) groups is 2. The third-order valence-corrected chi connectivity index (χ3v) is 6.03. The highest BCUT2D eigenvalue weighted by Gasteiger charge is 2.47. The number of Topliss-reactive ketones (excluding diaryl/α,β-unsaturated/α-hetero) is 1. The number of aromatic hydroxyl groups is 1. The van der Waals surface area contributed by atoms with Gasteiger partial charge in [-0.05, 0) is 42.0 Å². The van der Waals surface area contributed by atoms with Crippen LogP contribution in [-0.4, -0.2) is 32.8 Å². The van der Waals surface area contributed by atoms with Crippen LogP contribution in [0.25, 0.3) is 0 Å². The van der Waals surface area contributed by atoms with Crippen LogP contribution in [0.3, 0.4) is 0 Å². The van der Waals surface area contributed by atoms with Gasteiger partial charge in [0, 0.05) is 6.04 Å². The van der Waals surface area contributed by atoms with Crippen molar-refractivity contribution < 1.29 is 19.8 Å². The van der Waals surface area contributed by atoms with E-state index in [1.165, 1.54) is 23.5 Å². The fourth-order valence-electron chi connectivity index (χ4n) is 3.94. The molecule has 2 N–H and O–H groups in total. The first-order valence-corrected chi connectivity index (χ1v) is 9.59. The van der Waals surface area contributed by atoms with E-state index in [4.69, 9.17) is 0 Å². The molecule has 1 aliphatic carbocycles. The van der Waals surface area contributed by atoms with Crippen molar-refractivity contribution in [1.82, 2.24) is 4.90 Å². The number of phenolic OH excluding ortho intramolecular Hbond substituents is 1. The summed E-state index contributed by atoms with van der Waals surface area (Å²) < 4.78 is 0. The predicted molar refractivity (Wildman–Crippen MR) is 98.3 cm³/mol. The van der Waals surface area contributed by atoms with Gasteiger partial charge in [-0.3, -0.25) is 9.59 Å². The number of aliphatic hydroxyl groups is 1. The van der Waals surface area contributed by atoms with Crippen LogP contribution in [0.2, 0.25) is 0 Å². The standard InChI is InChI=1S/C20H19NO4S/c22-14-9-7-12(8-10-14)17-16(18(23)15-6-3-11-26-15)19(24)20(25)21(17)13-4-1-2-5-13/h3,6-11,13,17,22,24H,1-2,4-5H2. The van der Waals surface area contributed by atoms with Crippen LogP contribution < -0.4 is 0 Å². The van der Waals surface area contributed by atoms with Crippen molar-refractivity contribution in [3.05, 3.63) is 63.6 Å². The number of aliphatic hydroxyl groups excluding tert-OH is 1. The van der Waals surface area contributed by atoms with Gasteiger partial charge < -0.3 is 15.1 Å².